The summed E-state index contributed by atoms with van der Waals surface area (Å²) in [5.41, 5.74) is 4.18. The molecule has 3 heteroatoms. The molecular weight excluding hydrogens is 238 g/mol. The summed E-state index contributed by atoms with van der Waals surface area (Å²) >= 11 is 0. The van der Waals surface area contributed by atoms with E-state index in [-0.39, 0.29) is 0 Å². The van der Waals surface area contributed by atoms with Crippen molar-refractivity contribution in [3.8, 4) is 0 Å². The fourth-order valence-corrected chi connectivity index (χ4v) is 3.38. The zero-order valence-corrected chi connectivity index (χ0v) is 11.2. The second-order valence-electron chi connectivity index (χ2n) is 5.54. The molecule has 0 aliphatic heterocycles. The molecule has 2 aromatic rings. The van der Waals surface area contributed by atoms with Crippen molar-refractivity contribution in [1.29, 1.82) is 0 Å². The van der Waals surface area contributed by atoms with Gasteiger partial charge in [0.2, 0.25) is 0 Å². The average Bonchev–Trinajstić information content (AvgIpc) is 2.71. The minimum Gasteiger partial charge on any atom is -0.481 e. The number of carboxylic acid groups (broad SMARTS) is 1. The maximum Gasteiger partial charge on any atom is 0.303 e. The Labute approximate surface area is 112 Å². The molecular formula is C16H19NO2. The second kappa shape index (κ2) is 4.72. The van der Waals surface area contributed by atoms with Gasteiger partial charge in [0.1, 0.15) is 0 Å². The summed E-state index contributed by atoms with van der Waals surface area (Å²) < 4.78 is 2.30. The number of hydrogen-bond acceptors (Lipinski definition) is 1. The van der Waals surface area contributed by atoms with Gasteiger partial charge in [0.15, 0.2) is 0 Å². The van der Waals surface area contributed by atoms with Gasteiger partial charge in [0.05, 0.1) is 0 Å². The third kappa shape index (κ3) is 2.14. The maximum absolute atomic E-state index is 10.7. The number of carbonyl (C=O) groups is 1. The molecule has 0 spiro atoms. The van der Waals surface area contributed by atoms with Crippen LogP contribution >= 0.6 is 0 Å². The highest BCUT2D eigenvalue weighted by atomic mass is 16.4. The lowest BCUT2D eigenvalue weighted by molar-refractivity contribution is -0.137. The number of carboxylic acids is 1. The van der Waals surface area contributed by atoms with Gasteiger partial charge in [-0.15, -0.1) is 0 Å². The fraction of sp³-hybridized carbons (Fsp3) is 0.438. The van der Waals surface area contributed by atoms with E-state index in [1.54, 1.807) is 0 Å². The fourth-order valence-electron chi connectivity index (χ4n) is 3.38. The number of fused-ring (bicyclic) bond motifs is 3. The molecule has 0 saturated carbocycles. The molecule has 0 fully saturated rings. The van der Waals surface area contributed by atoms with Crippen LogP contribution in [-0.4, -0.2) is 15.6 Å². The minimum absolute atomic E-state index is 0.296. The Morgan fingerprint density at radius 3 is 3.00 bits per heavy atom. The van der Waals surface area contributed by atoms with Crippen molar-refractivity contribution in [2.45, 2.75) is 32.1 Å². The van der Waals surface area contributed by atoms with E-state index < -0.39 is 5.97 Å². The Hall–Kier alpha value is -1.77. The predicted octanol–water partition coefficient (Wildman–Crippen LogP) is 3.15. The molecule has 0 radical (unpaired) electrons. The summed E-state index contributed by atoms with van der Waals surface area (Å²) in [5, 5.41) is 10.2. The van der Waals surface area contributed by atoms with Gasteiger partial charge < -0.3 is 9.67 Å². The van der Waals surface area contributed by atoms with Crippen molar-refractivity contribution in [2.75, 3.05) is 0 Å². The number of hydrogen-bond donors (Lipinski definition) is 1. The summed E-state index contributed by atoms with van der Waals surface area (Å²) in [5.74, 6) is -0.155. The number of benzene rings is 1. The number of rotatable bonds is 3. The maximum atomic E-state index is 10.7. The van der Waals surface area contributed by atoms with Gasteiger partial charge >= 0.3 is 5.97 Å². The average molecular weight is 257 g/mol. The van der Waals surface area contributed by atoms with E-state index >= 15 is 0 Å². The smallest absolute Gasteiger partial charge is 0.303 e. The minimum atomic E-state index is -0.677. The van der Waals surface area contributed by atoms with Crippen LogP contribution in [-0.2, 0) is 24.7 Å². The summed E-state index contributed by atoms with van der Waals surface area (Å²) in [6.07, 6.45) is 4.32. The number of aliphatic carboxylic acids is 1. The Balaban J connectivity index is 1.92. The van der Waals surface area contributed by atoms with Crippen LogP contribution in [0.2, 0.25) is 0 Å². The van der Waals surface area contributed by atoms with Crippen molar-refractivity contribution in [3.05, 3.63) is 35.5 Å². The van der Waals surface area contributed by atoms with Gasteiger partial charge in [-0.1, -0.05) is 18.2 Å². The van der Waals surface area contributed by atoms with Crippen LogP contribution < -0.4 is 0 Å². The first-order valence-corrected chi connectivity index (χ1v) is 6.93. The lowest BCUT2D eigenvalue weighted by Crippen LogP contribution is -2.16. The van der Waals surface area contributed by atoms with Crippen molar-refractivity contribution in [2.24, 2.45) is 13.0 Å². The summed E-state index contributed by atoms with van der Waals surface area (Å²) in [7, 11) is 2.14. The third-order valence-electron chi connectivity index (χ3n) is 4.39. The quantitative estimate of drug-likeness (QED) is 0.917. The molecule has 1 aliphatic carbocycles. The topological polar surface area (TPSA) is 42.2 Å². The standard InChI is InChI=1S/C16H19NO2/c1-17-14-5-3-2-4-12(14)13-10-11(6-8-15(13)17)7-9-16(18)19/h2-5,11H,6-10H2,1H3,(H,18,19)/t11-/m1/s1. The van der Waals surface area contributed by atoms with Gasteiger partial charge in [-0.05, 0) is 43.2 Å². The van der Waals surface area contributed by atoms with E-state index in [2.05, 4.69) is 35.9 Å². The monoisotopic (exact) mass is 257 g/mol. The molecule has 3 nitrogen and oxygen atoms in total. The van der Waals surface area contributed by atoms with E-state index in [0.717, 1.165) is 25.7 Å². The lowest BCUT2D eigenvalue weighted by Gasteiger charge is -2.22. The summed E-state index contributed by atoms with van der Waals surface area (Å²) in [6.45, 7) is 0. The van der Waals surface area contributed by atoms with E-state index in [1.807, 2.05) is 0 Å². The first kappa shape index (κ1) is 12.3. The molecule has 19 heavy (non-hydrogen) atoms. The van der Waals surface area contributed by atoms with Crippen LogP contribution in [0.1, 0.15) is 30.5 Å². The molecule has 1 atom stereocenters. The van der Waals surface area contributed by atoms with Crippen molar-refractivity contribution in [1.82, 2.24) is 4.57 Å². The highest BCUT2D eigenvalue weighted by Crippen LogP contribution is 2.35. The Kier molecular flexibility index (Phi) is 3.05. The van der Waals surface area contributed by atoms with Crippen molar-refractivity contribution < 1.29 is 9.90 Å². The molecule has 1 aliphatic rings. The molecule has 0 unspecified atom stereocenters. The van der Waals surface area contributed by atoms with E-state index in [1.165, 1.54) is 22.2 Å². The predicted molar refractivity (Wildman–Crippen MR) is 75.3 cm³/mol. The molecule has 0 saturated heterocycles. The van der Waals surface area contributed by atoms with Gasteiger partial charge in [0, 0.05) is 30.1 Å². The first-order chi connectivity index (χ1) is 9.16. The second-order valence-corrected chi connectivity index (χ2v) is 5.54. The lowest BCUT2D eigenvalue weighted by atomic mass is 9.83. The molecule has 100 valence electrons. The van der Waals surface area contributed by atoms with Crippen LogP contribution in [0, 0.1) is 5.92 Å². The summed E-state index contributed by atoms with van der Waals surface area (Å²) in [4.78, 5) is 10.7. The number of para-hydroxylation sites is 1. The van der Waals surface area contributed by atoms with Crippen LogP contribution in [0.15, 0.2) is 24.3 Å². The van der Waals surface area contributed by atoms with Gasteiger partial charge in [0.25, 0.3) is 0 Å². The first-order valence-electron chi connectivity index (χ1n) is 6.93. The SMILES string of the molecule is Cn1c2c(c3ccccc31)C[C@@H](CCC(=O)O)CC2. The zero-order valence-electron chi connectivity index (χ0n) is 11.2. The summed E-state index contributed by atoms with van der Waals surface area (Å²) in [6, 6.07) is 8.52. The number of aryl methyl sites for hydroxylation is 1. The molecule has 0 amide bonds. The Bertz CT molecular complexity index is 627. The van der Waals surface area contributed by atoms with E-state index in [9.17, 15) is 4.79 Å². The molecule has 1 N–H and O–H groups in total. The number of nitrogens with zero attached hydrogens (tertiary/aromatic N) is 1. The van der Waals surface area contributed by atoms with Crippen LogP contribution in [0.4, 0.5) is 0 Å². The normalized spacial score (nSPS) is 18.5. The Morgan fingerprint density at radius 1 is 1.42 bits per heavy atom. The van der Waals surface area contributed by atoms with Crippen molar-refractivity contribution in [3.63, 3.8) is 0 Å². The van der Waals surface area contributed by atoms with Gasteiger partial charge in [-0.25, -0.2) is 0 Å². The highest BCUT2D eigenvalue weighted by Gasteiger charge is 2.24. The van der Waals surface area contributed by atoms with Crippen LogP contribution in [0.5, 0.6) is 0 Å². The molecule has 1 heterocycles. The van der Waals surface area contributed by atoms with Crippen LogP contribution in [0.25, 0.3) is 10.9 Å². The van der Waals surface area contributed by atoms with E-state index in [4.69, 9.17) is 5.11 Å². The highest BCUT2D eigenvalue weighted by molar-refractivity contribution is 5.85. The van der Waals surface area contributed by atoms with Crippen LogP contribution in [0.3, 0.4) is 0 Å². The van der Waals surface area contributed by atoms with E-state index in [0.29, 0.717) is 12.3 Å². The van der Waals surface area contributed by atoms with Gasteiger partial charge in [-0.2, -0.15) is 0 Å². The Morgan fingerprint density at radius 2 is 2.21 bits per heavy atom. The largest absolute Gasteiger partial charge is 0.481 e. The number of aromatic nitrogens is 1. The molecule has 0 bridgehead atoms. The zero-order chi connectivity index (χ0) is 13.4. The van der Waals surface area contributed by atoms with Crippen molar-refractivity contribution >= 4 is 16.9 Å². The molecule has 3 rings (SSSR count). The van der Waals surface area contributed by atoms with Gasteiger partial charge in [-0.3, -0.25) is 4.79 Å². The molecule has 1 aromatic heterocycles. The molecule has 1 aromatic carbocycles. The third-order valence-corrected chi connectivity index (χ3v) is 4.39.